The average molecular weight is 262 g/mol. The number of likely N-dealkylation sites (N-methyl/N-ethyl adjacent to an activating group) is 1. The van der Waals surface area contributed by atoms with E-state index in [1.807, 2.05) is 0 Å². The van der Waals surface area contributed by atoms with Crippen LogP contribution in [0, 0.1) is 0 Å². The molecule has 108 valence electrons. The molecule has 0 aliphatic carbocycles. The summed E-state index contributed by atoms with van der Waals surface area (Å²) in [5.74, 6) is 0. The van der Waals surface area contributed by atoms with Crippen molar-refractivity contribution >= 4 is 0 Å². The van der Waals surface area contributed by atoms with Crippen molar-refractivity contribution in [3.63, 3.8) is 0 Å². The second-order valence-corrected chi connectivity index (χ2v) is 7.16. The third-order valence-corrected chi connectivity index (χ3v) is 3.37. The smallest absolute Gasteiger partial charge is 0.0104 e. The Morgan fingerprint density at radius 2 is 1.58 bits per heavy atom. The van der Waals surface area contributed by atoms with Crippen molar-refractivity contribution in [3.05, 3.63) is 35.9 Å². The predicted molar refractivity (Wildman–Crippen MR) is 84.7 cm³/mol. The molecule has 1 rings (SSSR count). The van der Waals surface area contributed by atoms with Gasteiger partial charge in [0.05, 0.1) is 0 Å². The minimum atomic E-state index is 0.192. The Labute approximate surface area is 119 Å². The summed E-state index contributed by atoms with van der Waals surface area (Å²) in [6, 6.07) is 10.8. The van der Waals surface area contributed by atoms with Crippen LogP contribution >= 0.6 is 0 Å². The molecule has 2 heteroatoms. The quantitative estimate of drug-likeness (QED) is 0.846. The molecule has 0 amide bonds. The fraction of sp³-hybridized carbons (Fsp3) is 0.647. The molecular weight excluding hydrogens is 232 g/mol. The number of hydrogen-bond acceptors (Lipinski definition) is 2. The molecule has 0 saturated carbocycles. The van der Waals surface area contributed by atoms with Crippen molar-refractivity contribution in [2.75, 3.05) is 26.7 Å². The molecule has 0 aromatic heterocycles. The summed E-state index contributed by atoms with van der Waals surface area (Å²) in [6.07, 6.45) is 0. The van der Waals surface area contributed by atoms with Crippen LogP contribution in [0.25, 0.3) is 0 Å². The highest BCUT2D eigenvalue weighted by Crippen LogP contribution is 2.23. The molecular formula is C17H30N2. The van der Waals surface area contributed by atoms with Gasteiger partial charge in [-0.25, -0.2) is 0 Å². The molecule has 0 atom stereocenters. The van der Waals surface area contributed by atoms with E-state index in [9.17, 15) is 0 Å². The number of hydrogen-bond donors (Lipinski definition) is 1. The average Bonchev–Trinajstić information content (AvgIpc) is 2.27. The lowest BCUT2D eigenvalue weighted by atomic mass is 9.84. The molecule has 1 aromatic rings. The van der Waals surface area contributed by atoms with Gasteiger partial charge in [-0.1, -0.05) is 44.2 Å². The number of rotatable bonds is 6. The van der Waals surface area contributed by atoms with Gasteiger partial charge in [-0.05, 0) is 33.4 Å². The van der Waals surface area contributed by atoms with Gasteiger partial charge in [-0.3, -0.25) is 0 Å². The van der Waals surface area contributed by atoms with E-state index in [4.69, 9.17) is 0 Å². The third kappa shape index (κ3) is 6.22. The molecule has 0 unspecified atom stereocenters. The highest BCUT2D eigenvalue weighted by Gasteiger charge is 2.22. The van der Waals surface area contributed by atoms with Crippen molar-refractivity contribution in [2.24, 2.45) is 0 Å². The van der Waals surface area contributed by atoms with E-state index in [1.165, 1.54) is 5.56 Å². The maximum atomic E-state index is 3.54. The Morgan fingerprint density at radius 1 is 1.00 bits per heavy atom. The van der Waals surface area contributed by atoms with Crippen LogP contribution in [0.15, 0.2) is 30.3 Å². The van der Waals surface area contributed by atoms with E-state index in [0.717, 1.165) is 19.6 Å². The molecule has 0 fully saturated rings. The van der Waals surface area contributed by atoms with Gasteiger partial charge >= 0.3 is 0 Å². The third-order valence-electron chi connectivity index (χ3n) is 3.37. The summed E-state index contributed by atoms with van der Waals surface area (Å²) in [7, 11) is 2.20. The molecule has 0 radical (unpaired) electrons. The number of nitrogens with zero attached hydrogens (tertiary/aromatic N) is 1. The topological polar surface area (TPSA) is 15.3 Å². The zero-order valence-electron chi connectivity index (χ0n) is 13.5. The van der Waals surface area contributed by atoms with Gasteiger partial charge < -0.3 is 10.2 Å². The van der Waals surface area contributed by atoms with Crippen molar-refractivity contribution < 1.29 is 0 Å². The lowest BCUT2D eigenvalue weighted by molar-refractivity contribution is 0.258. The first kappa shape index (κ1) is 16.2. The van der Waals surface area contributed by atoms with Crippen LogP contribution in [0.3, 0.4) is 0 Å². The second-order valence-electron chi connectivity index (χ2n) is 7.16. The first-order valence-corrected chi connectivity index (χ1v) is 7.20. The van der Waals surface area contributed by atoms with Crippen molar-refractivity contribution in [1.29, 1.82) is 0 Å². The molecule has 19 heavy (non-hydrogen) atoms. The van der Waals surface area contributed by atoms with E-state index < -0.39 is 0 Å². The van der Waals surface area contributed by atoms with Crippen LogP contribution in [0.1, 0.15) is 40.2 Å². The van der Waals surface area contributed by atoms with E-state index in [2.05, 4.69) is 82.2 Å². The number of nitrogens with one attached hydrogen (secondary N) is 1. The summed E-state index contributed by atoms with van der Waals surface area (Å²) >= 11 is 0. The number of benzene rings is 1. The predicted octanol–water partition coefficient (Wildman–Crippen LogP) is 3.28. The van der Waals surface area contributed by atoms with Crippen LogP contribution < -0.4 is 5.32 Å². The lowest BCUT2D eigenvalue weighted by Gasteiger charge is -2.31. The second kappa shape index (κ2) is 6.53. The molecule has 0 aliphatic heterocycles. The van der Waals surface area contributed by atoms with Gasteiger partial charge in [0, 0.05) is 30.6 Å². The molecule has 1 aromatic carbocycles. The molecule has 0 heterocycles. The Hall–Kier alpha value is -0.860. The maximum absolute atomic E-state index is 3.54. The fourth-order valence-electron chi connectivity index (χ4n) is 2.36. The summed E-state index contributed by atoms with van der Waals surface area (Å²) in [4.78, 5) is 2.41. The zero-order valence-corrected chi connectivity index (χ0v) is 13.5. The van der Waals surface area contributed by atoms with Crippen molar-refractivity contribution in [2.45, 2.75) is 45.6 Å². The minimum Gasteiger partial charge on any atom is -0.311 e. The first-order chi connectivity index (χ1) is 8.71. The molecule has 0 saturated heterocycles. The van der Waals surface area contributed by atoms with Crippen LogP contribution in [-0.2, 0) is 5.41 Å². The van der Waals surface area contributed by atoms with Gasteiger partial charge in [0.25, 0.3) is 0 Å². The van der Waals surface area contributed by atoms with Crippen molar-refractivity contribution in [3.8, 4) is 0 Å². The first-order valence-electron chi connectivity index (χ1n) is 7.20. The summed E-state index contributed by atoms with van der Waals surface area (Å²) < 4.78 is 0. The van der Waals surface area contributed by atoms with Crippen LogP contribution in [-0.4, -0.2) is 37.1 Å². The highest BCUT2D eigenvalue weighted by molar-refractivity contribution is 5.23. The molecule has 1 N–H and O–H groups in total. The Morgan fingerprint density at radius 3 is 2.11 bits per heavy atom. The summed E-state index contributed by atoms with van der Waals surface area (Å²) in [5, 5.41) is 3.54. The Kier molecular flexibility index (Phi) is 5.57. The van der Waals surface area contributed by atoms with E-state index in [-0.39, 0.29) is 11.0 Å². The standard InChI is InChI=1S/C17H30N2/c1-16(2,3)18-12-13-19(6)14-17(4,5)15-10-8-7-9-11-15/h7-11,18H,12-14H2,1-6H3. The van der Waals surface area contributed by atoms with Crippen molar-refractivity contribution in [1.82, 2.24) is 10.2 Å². The van der Waals surface area contributed by atoms with Gasteiger partial charge in [-0.15, -0.1) is 0 Å². The van der Waals surface area contributed by atoms with Gasteiger partial charge in [0.1, 0.15) is 0 Å². The fourth-order valence-corrected chi connectivity index (χ4v) is 2.36. The van der Waals surface area contributed by atoms with Crippen LogP contribution in [0.4, 0.5) is 0 Å². The largest absolute Gasteiger partial charge is 0.311 e. The van der Waals surface area contributed by atoms with Gasteiger partial charge in [0.15, 0.2) is 0 Å². The van der Waals surface area contributed by atoms with E-state index >= 15 is 0 Å². The molecule has 2 nitrogen and oxygen atoms in total. The van der Waals surface area contributed by atoms with E-state index in [0.29, 0.717) is 0 Å². The normalized spacial score (nSPS) is 13.0. The highest BCUT2D eigenvalue weighted by atomic mass is 15.1. The lowest BCUT2D eigenvalue weighted by Crippen LogP contribution is -2.43. The SMILES string of the molecule is CN(CCNC(C)(C)C)CC(C)(C)c1ccccc1. The van der Waals surface area contributed by atoms with Gasteiger partial charge in [-0.2, -0.15) is 0 Å². The molecule has 0 spiro atoms. The minimum absolute atomic E-state index is 0.192. The Bertz CT molecular complexity index is 363. The summed E-state index contributed by atoms with van der Waals surface area (Å²) in [5.41, 5.74) is 1.80. The molecule has 0 aliphatic rings. The summed E-state index contributed by atoms with van der Waals surface area (Å²) in [6.45, 7) is 14.4. The maximum Gasteiger partial charge on any atom is 0.0104 e. The van der Waals surface area contributed by atoms with Crippen LogP contribution in [0.5, 0.6) is 0 Å². The molecule has 0 bridgehead atoms. The van der Waals surface area contributed by atoms with Crippen LogP contribution in [0.2, 0.25) is 0 Å². The zero-order chi connectivity index (χ0) is 14.5. The Balaban J connectivity index is 2.45. The monoisotopic (exact) mass is 262 g/mol. The van der Waals surface area contributed by atoms with Gasteiger partial charge in [0.2, 0.25) is 0 Å². The van der Waals surface area contributed by atoms with E-state index in [1.54, 1.807) is 0 Å².